The maximum absolute atomic E-state index is 5.99. The van der Waals surface area contributed by atoms with Crippen LogP contribution < -0.4 is 10.2 Å². The van der Waals surface area contributed by atoms with E-state index in [1.165, 1.54) is 28.9 Å². The number of hydrogen-bond donors (Lipinski definition) is 1. The molecule has 3 heteroatoms. The van der Waals surface area contributed by atoms with Gasteiger partial charge in [0.2, 0.25) is 0 Å². The average Bonchev–Trinajstić information content (AvgIpc) is 3.41. The third-order valence-electron chi connectivity index (χ3n) is 5.44. The molecule has 3 nitrogen and oxygen atoms in total. The van der Waals surface area contributed by atoms with Crippen LogP contribution in [0.1, 0.15) is 29.4 Å². The van der Waals surface area contributed by atoms with Crippen molar-refractivity contribution in [2.45, 2.75) is 24.4 Å². The number of anilines is 2. The first-order valence-corrected chi connectivity index (χ1v) is 8.69. The Morgan fingerprint density at radius 2 is 1.61 bits per heavy atom. The summed E-state index contributed by atoms with van der Waals surface area (Å²) >= 11 is 0. The van der Waals surface area contributed by atoms with Gasteiger partial charge in [-0.05, 0) is 41.5 Å². The largest absolute Gasteiger partial charge is 0.374 e. The molecule has 0 amide bonds. The number of benzene rings is 2. The topological polar surface area (TPSA) is 24.5 Å². The third kappa shape index (κ3) is 2.27. The minimum absolute atomic E-state index is 0.249. The summed E-state index contributed by atoms with van der Waals surface area (Å²) in [5, 5.41) is 3.45. The number of rotatable bonds is 2. The van der Waals surface area contributed by atoms with Crippen LogP contribution >= 0.6 is 0 Å². The molecule has 2 aromatic rings. The smallest absolute Gasteiger partial charge is 0.0878 e. The van der Waals surface area contributed by atoms with Crippen LogP contribution in [0.25, 0.3) is 0 Å². The van der Waals surface area contributed by atoms with Crippen LogP contribution in [0.3, 0.4) is 0 Å². The van der Waals surface area contributed by atoms with Crippen molar-refractivity contribution < 1.29 is 4.74 Å². The normalized spacial score (nSPS) is 28.3. The molecular formula is C20H22N2O. The van der Waals surface area contributed by atoms with Crippen molar-refractivity contribution in [2.75, 3.05) is 31.1 Å². The number of nitrogens with one attached hydrogen (secondary N) is 1. The molecule has 0 aromatic heterocycles. The Hall–Kier alpha value is -1.84. The van der Waals surface area contributed by atoms with E-state index in [0.29, 0.717) is 11.8 Å². The van der Waals surface area contributed by atoms with E-state index in [9.17, 15) is 0 Å². The van der Waals surface area contributed by atoms with E-state index in [0.717, 1.165) is 26.2 Å². The van der Waals surface area contributed by atoms with Gasteiger partial charge in [-0.2, -0.15) is 0 Å². The lowest BCUT2D eigenvalue weighted by atomic mass is 10.0. The SMILES string of the molecule is c1ccc2c(c1)C1CC1c1ccccc1N2CC1CNCCO1. The van der Waals surface area contributed by atoms with Crippen LogP contribution in [-0.4, -0.2) is 32.3 Å². The maximum atomic E-state index is 5.99. The molecule has 3 unspecified atom stereocenters. The van der Waals surface area contributed by atoms with Crippen molar-refractivity contribution in [1.29, 1.82) is 0 Å². The van der Waals surface area contributed by atoms with Gasteiger partial charge in [-0.3, -0.25) is 0 Å². The second-order valence-electron chi connectivity index (χ2n) is 6.87. The molecule has 1 saturated carbocycles. The first-order chi connectivity index (χ1) is 11.4. The fraction of sp³-hybridized carbons (Fsp3) is 0.400. The lowest BCUT2D eigenvalue weighted by Gasteiger charge is -2.33. The first kappa shape index (κ1) is 13.6. The van der Waals surface area contributed by atoms with Gasteiger partial charge in [-0.15, -0.1) is 0 Å². The third-order valence-corrected chi connectivity index (χ3v) is 5.44. The van der Waals surface area contributed by atoms with Crippen molar-refractivity contribution >= 4 is 11.4 Å². The summed E-state index contributed by atoms with van der Waals surface area (Å²) in [7, 11) is 0. The Balaban J connectivity index is 1.59. The molecule has 1 N–H and O–H groups in total. The van der Waals surface area contributed by atoms with E-state index < -0.39 is 0 Å². The number of ether oxygens (including phenoxy) is 1. The van der Waals surface area contributed by atoms with Gasteiger partial charge in [-0.1, -0.05) is 36.4 Å². The van der Waals surface area contributed by atoms with Gasteiger partial charge in [0.25, 0.3) is 0 Å². The molecule has 3 atom stereocenters. The summed E-state index contributed by atoms with van der Waals surface area (Å²) in [6, 6.07) is 17.9. The second kappa shape index (κ2) is 5.36. The predicted octanol–water partition coefficient (Wildman–Crippen LogP) is 3.40. The minimum atomic E-state index is 0.249. The molecule has 5 rings (SSSR count). The van der Waals surface area contributed by atoms with E-state index in [1.54, 1.807) is 0 Å². The van der Waals surface area contributed by atoms with E-state index in [-0.39, 0.29) is 6.10 Å². The molecule has 2 heterocycles. The number of morpholine rings is 1. The molecule has 118 valence electrons. The van der Waals surface area contributed by atoms with E-state index in [1.807, 2.05) is 0 Å². The lowest BCUT2D eigenvalue weighted by Crippen LogP contribution is -2.44. The van der Waals surface area contributed by atoms with E-state index in [2.05, 4.69) is 58.7 Å². The molecule has 3 aliphatic rings. The summed E-state index contributed by atoms with van der Waals surface area (Å²) in [4.78, 5) is 2.49. The molecule has 2 aromatic carbocycles. The monoisotopic (exact) mass is 306 g/mol. The zero-order valence-corrected chi connectivity index (χ0v) is 13.2. The molecule has 0 spiro atoms. The van der Waals surface area contributed by atoms with E-state index >= 15 is 0 Å². The molecule has 0 bridgehead atoms. The van der Waals surface area contributed by atoms with Crippen LogP contribution in [0.5, 0.6) is 0 Å². The molecule has 1 aliphatic carbocycles. The van der Waals surface area contributed by atoms with Crippen molar-refractivity contribution in [2.24, 2.45) is 0 Å². The Bertz CT molecular complexity index is 672. The molecule has 2 aliphatic heterocycles. The Labute approximate surface area is 137 Å². The summed E-state index contributed by atoms with van der Waals surface area (Å²) in [5.41, 5.74) is 5.77. The highest BCUT2D eigenvalue weighted by molar-refractivity contribution is 5.75. The average molecular weight is 306 g/mol. The number of fused-ring (bicyclic) bond motifs is 5. The fourth-order valence-electron chi connectivity index (χ4n) is 4.24. The van der Waals surface area contributed by atoms with Crippen molar-refractivity contribution in [1.82, 2.24) is 5.32 Å². The fourth-order valence-corrected chi connectivity index (χ4v) is 4.24. The van der Waals surface area contributed by atoms with Crippen LogP contribution in [-0.2, 0) is 4.74 Å². The predicted molar refractivity (Wildman–Crippen MR) is 92.6 cm³/mol. The summed E-state index contributed by atoms with van der Waals surface area (Å²) < 4.78 is 5.99. The Morgan fingerprint density at radius 1 is 0.957 bits per heavy atom. The van der Waals surface area contributed by atoms with Gasteiger partial charge in [0.15, 0.2) is 0 Å². The summed E-state index contributed by atoms with van der Waals surface area (Å²) in [6.45, 7) is 3.63. The quantitative estimate of drug-likeness (QED) is 0.920. The second-order valence-corrected chi connectivity index (χ2v) is 6.87. The van der Waals surface area contributed by atoms with Gasteiger partial charge in [-0.25, -0.2) is 0 Å². The first-order valence-electron chi connectivity index (χ1n) is 8.69. The summed E-state index contributed by atoms with van der Waals surface area (Å²) in [6.07, 6.45) is 1.54. The standard InChI is InChI=1S/C20H22N2O/c1-3-7-19-15(5-1)17-11-18(17)16-6-2-4-8-20(16)22(19)13-14-12-21-9-10-23-14/h1-8,14,17-18,21H,9-13H2. The molecule has 2 fully saturated rings. The molecule has 23 heavy (non-hydrogen) atoms. The van der Waals surface area contributed by atoms with E-state index in [4.69, 9.17) is 4.74 Å². The van der Waals surface area contributed by atoms with Gasteiger partial charge >= 0.3 is 0 Å². The van der Waals surface area contributed by atoms with Crippen molar-refractivity contribution in [3.8, 4) is 0 Å². The highest BCUT2D eigenvalue weighted by Gasteiger charge is 2.45. The Morgan fingerprint density at radius 3 is 2.22 bits per heavy atom. The van der Waals surface area contributed by atoms with Gasteiger partial charge in [0.1, 0.15) is 0 Å². The maximum Gasteiger partial charge on any atom is 0.0878 e. The van der Waals surface area contributed by atoms with Gasteiger partial charge < -0.3 is 15.0 Å². The highest BCUT2D eigenvalue weighted by atomic mass is 16.5. The highest BCUT2D eigenvalue weighted by Crippen LogP contribution is 2.61. The molecule has 0 radical (unpaired) electrons. The molecular weight excluding hydrogens is 284 g/mol. The Kier molecular flexibility index (Phi) is 3.17. The number of nitrogens with zero attached hydrogens (tertiary/aromatic N) is 1. The van der Waals surface area contributed by atoms with Crippen LogP contribution in [0.2, 0.25) is 0 Å². The van der Waals surface area contributed by atoms with Crippen LogP contribution in [0.4, 0.5) is 11.4 Å². The van der Waals surface area contributed by atoms with Crippen LogP contribution in [0.15, 0.2) is 48.5 Å². The zero-order valence-electron chi connectivity index (χ0n) is 13.2. The number of para-hydroxylation sites is 2. The number of hydrogen-bond acceptors (Lipinski definition) is 3. The van der Waals surface area contributed by atoms with Crippen molar-refractivity contribution in [3.05, 3.63) is 59.7 Å². The van der Waals surface area contributed by atoms with Crippen LogP contribution in [0, 0.1) is 0 Å². The lowest BCUT2D eigenvalue weighted by molar-refractivity contribution is 0.0346. The molecule has 1 saturated heterocycles. The van der Waals surface area contributed by atoms with Crippen molar-refractivity contribution in [3.63, 3.8) is 0 Å². The van der Waals surface area contributed by atoms with Gasteiger partial charge in [0, 0.05) is 24.5 Å². The summed E-state index contributed by atoms with van der Waals surface area (Å²) in [5.74, 6) is 1.39. The minimum Gasteiger partial charge on any atom is -0.374 e. The zero-order chi connectivity index (χ0) is 15.2. The van der Waals surface area contributed by atoms with Gasteiger partial charge in [0.05, 0.1) is 19.3 Å².